The zero-order chi connectivity index (χ0) is 22.8. The van der Waals surface area contributed by atoms with Crippen LogP contribution in [0.15, 0.2) is 36.4 Å². The van der Waals surface area contributed by atoms with Crippen LogP contribution < -0.4 is 4.74 Å². The fraction of sp³-hybridized carbons (Fsp3) is 0.536. The van der Waals surface area contributed by atoms with Crippen LogP contribution in [-0.2, 0) is 0 Å². The third-order valence-electron chi connectivity index (χ3n) is 6.79. The Morgan fingerprint density at radius 3 is 2.19 bits per heavy atom. The average Bonchev–Trinajstić information content (AvgIpc) is 2.83. The van der Waals surface area contributed by atoms with E-state index in [0.29, 0.717) is 18.1 Å². The van der Waals surface area contributed by atoms with Crippen molar-refractivity contribution in [2.45, 2.75) is 77.6 Å². The van der Waals surface area contributed by atoms with Crippen LogP contribution in [0.1, 0.15) is 83.1 Å². The minimum absolute atomic E-state index is 0.150. The maximum Gasteiger partial charge on any atom is 0.177 e. The summed E-state index contributed by atoms with van der Waals surface area (Å²) in [5.74, 6) is 0.144. The lowest BCUT2D eigenvalue weighted by Crippen LogP contribution is -2.20. The van der Waals surface area contributed by atoms with Gasteiger partial charge in [0, 0.05) is 5.56 Å². The molecule has 0 aromatic heterocycles. The summed E-state index contributed by atoms with van der Waals surface area (Å²) in [7, 11) is 0. The number of nitrogens with zero attached hydrogens (tertiary/aromatic N) is 1. The second-order valence-electron chi connectivity index (χ2n) is 9.18. The summed E-state index contributed by atoms with van der Waals surface area (Å²) in [5.41, 5.74) is 0.429. The maximum absolute atomic E-state index is 14.2. The fourth-order valence-electron chi connectivity index (χ4n) is 4.70. The van der Waals surface area contributed by atoms with E-state index in [1.165, 1.54) is 82.8 Å². The molecule has 2 aromatic carbocycles. The van der Waals surface area contributed by atoms with Crippen molar-refractivity contribution in [2.24, 2.45) is 11.8 Å². The number of halogens is 2. The lowest BCUT2D eigenvalue weighted by molar-refractivity contribution is 0.177. The number of ether oxygens (including phenoxy) is 1. The topological polar surface area (TPSA) is 33.0 Å². The molecule has 172 valence electrons. The molecule has 0 aliphatic heterocycles. The van der Waals surface area contributed by atoms with Crippen LogP contribution in [0.3, 0.4) is 0 Å². The minimum atomic E-state index is -1.10. The van der Waals surface area contributed by atoms with Gasteiger partial charge in [-0.05, 0) is 54.5 Å². The van der Waals surface area contributed by atoms with Crippen LogP contribution in [0.4, 0.5) is 8.78 Å². The van der Waals surface area contributed by atoms with Crippen molar-refractivity contribution in [3.63, 3.8) is 0 Å². The van der Waals surface area contributed by atoms with Gasteiger partial charge < -0.3 is 4.74 Å². The highest BCUT2D eigenvalue weighted by atomic mass is 19.2. The molecule has 1 aliphatic carbocycles. The Kier molecular flexibility index (Phi) is 9.53. The first-order valence-electron chi connectivity index (χ1n) is 12.2. The zero-order valence-electron chi connectivity index (χ0n) is 19.2. The Labute approximate surface area is 191 Å². The van der Waals surface area contributed by atoms with Crippen molar-refractivity contribution in [1.29, 1.82) is 5.26 Å². The lowest BCUT2D eigenvalue weighted by Gasteiger charge is -2.28. The molecule has 3 rings (SSSR count). The summed E-state index contributed by atoms with van der Waals surface area (Å²) in [5, 5.41) is 8.82. The van der Waals surface area contributed by atoms with Crippen molar-refractivity contribution in [3.8, 4) is 22.9 Å². The maximum atomic E-state index is 14.2. The van der Waals surface area contributed by atoms with Crippen LogP contribution in [0, 0.1) is 34.8 Å². The van der Waals surface area contributed by atoms with Crippen molar-refractivity contribution < 1.29 is 13.5 Å². The summed E-state index contributed by atoms with van der Waals surface area (Å²) in [4.78, 5) is 0. The molecule has 1 fully saturated rings. The Bertz CT molecular complexity index is 880. The van der Waals surface area contributed by atoms with Gasteiger partial charge in [0.25, 0.3) is 0 Å². The molecule has 0 saturated heterocycles. The molecular formula is C28H35F2NO. The summed E-state index contributed by atoms with van der Waals surface area (Å²) in [6.45, 7) is 2.97. The number of rotatable bonds is 11. The standard InChI is InChI=1S/C28H35F2NO/c1-2-3-4-5-6-7-8-21-9-11-22(12-10-21)20-32-25-16-13-23(14-17-25)26-18-15-24(19-31)27(29)28(26)30/h13-18,21-22H,2-12,20H2,1H3/t21-,22-. The molecule has 32 heavy (non-hydrogen) atoms. The van der Waals surface area contributed by atoms with E-state index in [1.807, 2.05) is 0 Å². The van der Waals surface area contributed by atoms with E-state index < -0.39 is 11.6 Å². The summed E-state index contributed by atoms with van der Waals surface area (Å²) in [6.07, 6.45) is 14.7. The minimum Gasteiger partial charge on any atom is -0.493 e. The van der Waals surface area contributed by atoms with Gasteiger partial charge in [-0.15, -0.1) is 0 Å². The van der Waals surface area contributed by atoms with Crippen LogP contribution >= 0.6 is 0 Å². The van der Waals surface area contributed by atoms with E-state index in [9.17, 15) is 8.78 Å². The molecule has 2 aromatic rings. The van der Waals surface area contributed by atoms with Crippen molar-refractivity contribution >= 4 is 0 Å². The fourth-order valence-corrected chi connectivity index (χ4v) is 4.70. The zero-order valence-corrected chi connectivity index (χ0v) is 19.2. The molecular weight excluding hydrogens is 404 g/mol. The van der Waals surface area contributed by atoms with E-state index in [1.54, 1.807) is 30.3 Å². The number of benzene rings is 2. The smallest absolute Gasteiger partial charge is 0.177 e. The van der Waals surface area contributed by atoms with E-state index >= 15 is 0 Å². The van der Waals surface area contributed by atoms with Gasteiger partial charge in [-0.2, -0.15) is 5.26 Å². The molecule has 2 nitrogen and oxygen atoms in total. The summed E-state index contributed by atoms with van der Waals surface area (Å²) >= 11 is 0. The van der Waals surface area contributed by atoms with Crippen molar-refractivity contribution in [1.82, 2.24) is 0 Å². The second kappa shape index (κ2) is 12.6. The Balaban J connectivity index is 1.40. The third-order valence-corrected chi connectivity index (χ3v) is 6.79. The number of hydrogen-bond donors (Lipinski definition) is 0. The molecule has 0 amide bonds. The first-order chi connectivity index (χ1) is 15.6. The van der Waals surface area contributed by atoms with E-state index in [4.69, 9.17) is 10.00 Å². The van der Waals surface area contributed by atoms with Gasteiger partial charge in [0.2, 0.25) is 0 Å². The van der Waals surface area contributed by atoms with Gasteiger partial charge in [0.1, 0.15) is 11.8 Å². The highest BCUT2D eigenvalue weighted by molar-refractivity contribution is 5.66. The second-order valence-corrected chi connectivity index (χ2v) is 9.18. The summed E-state index contributed by atoms with van der Waals surface area (Å²) in [6, 6.07) is 11.5. The van der Waals surface area contributed by atoms with Crippen molar-refractivity contribution in [3.05, 3.63) is 53.6 Å². The SMILES string of the molecule is CCCCCCCC[C@H]1CC[C@H](COc2ccc(-c3ccc(C#N)c(F)c3F)cc2)CC1. The summed E-state index contributed by atoms with van der Waals surface area (Å²) < 4.78 is 34.1. The Morgan fingerprint density at radius 2 is 1.50 bits per heavy atom. The van der Waals surface area contributed by atoms with Crippen LogP contribution in [-0.4, -0.2) is 6.61 Å². The predicted molar refractivity (Wildman–Crippen MR) is 125 cm³/mol. The predicted octanol–water partition coefficient (Wildman–Crippen LogP) is 8.44. The van der Waals surface area contributed by atoms with Crippen LogP contribution in [0.25, 0.3) is 11.1 Å². The monoisotopic (exact) mass is 439 g/mol. The normalized spacial score (nSPS) is 18.3. The lowest BCUT2D eigenvalue weighted by atomic mass is 9.80. The van der Waals surface area contributed by atoms with Gasteiger partial charge in [0.15, 0.2) is 11.6 Å². The van der Waals surface area contributed by atoms with Crippen LogP contribution in [0.5, 0.6) is 5.75 Å². The van der Waals surface area contributed by atoms with Crippen LogP contribution in [0.2, 0.25) is 0 Å². The van der Waals surface area contributed by atoms with Crippen molar-refractivity contribution in [2.75, 3.05) is 6.61 Å². The molecule has 0 bridgehead atoms. The highest BCUT2D eigenvalue weighted by Crippen LogP contribution is 2.33. The number of nitriles is 1. The largest absolute Gasteiger partial charge is 0.493 e. The van der Waals surface area contributed by atoms with Gasteiger partial charge in [-0.25, -0.2) is 8.78 Å². The number of hydrogen-bond acceptors (Lipinski definition) is 2. The molecule has 0 spiro atoms. The highest BCUT2D eigenvalue weighted by Gasteiger charge is 2.21. The first kappa shape index (κ1) is 24.2. The molecule has 1 saturated carbocycles. The quantitative estimate of drug-likeness (QED) is 0.329. The molecule has 0 radical (unpaired) electrons. The third kappa shape index (κ3) is 6.79. The van der Waals surface area contributed by atoms with E-state index in [2.05, 4.69) is 6.92 Å². The van der Waals surface area contributed by atoms with E-state index in [0.717, 1.165) is 11.7 Å². The first-order valence-corrected chi connectivity index (χ1v) is 12.2. The molecule has 0 heterocycles. The number of unbranched alkanes of at least 4 members (excludes halogenated alkanes) is 5. The molecule has 0 unspecified atom stereocenters. The van der Waals surface area contributed by atoms with Gasteiger partial charge in [0.05, 0.1) is 12.2 Å². The Hall–Kier alpha value is -2.41. The van der Waals surface area contributed by atoms with Gasteiger partial charge in [-0.3, -0.25) is 0 Å². The van der Waals surface area contributed by atoms with Gasteiger partial charge >= 0.3 is 0 Å². The van der Waals surface area contributed by atoms with E-state index in [-0.39, 0.29) is 11.1 Å². The molecule has 1 aliphatic rings. The molecule has 0 N–H and O–H groups in total. The molecule has 4 heteroatoms. The Morgan fingerprint density at radius 1 is 0.844 bits per heavy atom. The van der Waals surface area contributed by atoms with Gasteiger partial charge in [-0.1, -0.05) is 76.8 Å². The molecule has 0 atom stereocenters. The average molecular weight is 440 g/mol.